The first-order chi connectivity index (χ1) is 9.28. The molecule has 0 unspecified atom stereocenters. The maximum atomic E-state index is 6.02. The van der Waals surface area contributed by atoms with Crippen LogP contribution in [0.2, 0.25) is 5.02 Å². The van der Waals surface area contributed by atoms with Gasteiger partial charge in [0, 0.05) is 16.7 Å². The van der Waals surface area contributed by atoms with Gasteiger partial charge in [-0.05, 0) is 52.4 Å². The first-order valence-corrected chi connectivity index (χ1v) is 6.33. The van der Waals surface area contributed by atoms with E-state index in [4.69, 9.17) is 22.3 Å². The third-order valence-corrected chi connectivity index (χ3v) is 3.41. The molecule has 3 nitrogen and oxygen atoms in total. The highest BCUT2D eigenvalue weighted by Crippen LogP contribution is 2.29. The fourth-order valence-corrected chi connectivity index (χ4v) is 2.47. The van der Waals surface area contributed by atoms with Crippen molar-refractivity contribution in [1.82, 2.24) is 4.98 Å². The van der Waals surface area contributed by atoms with E-state index in [1.54, 1.807) is 0 Å². The van der Waals surface area contributed by atoms with Crippen LogP contribution in [0.1, 0.15) is 5.56 Å². The third kappa shape index (κ3) is 2.36. The van der Waals surface area contributed by atoms with Gasteiger partial charge in [0.25, 0.3) is 0 Å². The lowest BCUT2D eigenvalue weighted by molar-refractivity contribution is 0.124. The molecule has 0 saturated heterocycles. The van der Waals surface area contributed by atoms with Crippen molar-refractivity contribution in [3.63, 3.8) is 0 Å². The topological polar surface area (TPSA) is 51.0 Å². The molecule has 0 atom stereocenters. The number of H-pyrrole nitrogens is 1. The van der Waals surface area contributed by atoms with Crippen molar-refractivity contribution >= 4 is 22.5 Å². The molecule has 0 saturated carbocycles. The van der Waals surface area contributed by atoms with Crippen molar-refractivity contribution < 1.29 is 4.84 Å². The van der Waals surface area contributed by atoms with Crippen LogP contribution in [-0.4, -0.2) is 4.98 Å². The summed E-state index contributed by atoms with van der Waals surface area (Å²) < 4.78 is 0. The molecule has 0 radical (unpaired) electrons. The van der Waals surface area contributed by atoms with Gasteiger partial charge in [0.2, 0.25) is 0 Å². The summed E-state index contributed by atoms with van der Waals surface area (Å²) in [6.07, 6.45) is 1.93. The molecule has 0 aliphatic heterocycles. The van der Waals surface area contributed by atoms with Crippen LogP contribution in [0.4, 0.5) is 0 Å². The molecule has 0 bridgehead atoms. The number of aromatic amines is 1. The first-order valence-electron chi connectivity index (χ1n) is 5.95. The number of halogens is 1. The highest BCUT2D eigenvalue weighted by molar-refractivity contribution is 6.30. The molecule has 4 heteroatoms. The van der Waals surface area contributed by atoms with Crippen molar-refractivity contribution in [2.75, 3.05) is 0 Å². The van der Waals surface area contributed by atoms with Crippen LogP contribution >= 0.6 is 11.6 Å². The van der Waals surface area contributed by atoms with Gasteiger partial charge in [0.1, 0.15) is 0 Å². The second-order valence-electron chi connectivity index (χ2n) is 4.39. The fraction of sp³-hybridized carbons (Fsp3) is 0.0667. The van der Waals surface area contributed by atoms with Crippen molar-refractivity contribution in [3.8, 4) is 11.1 Å². The number of aromatic nitrogens is 1. The lowest BCUT2D eigenvalue weighted by atomic mass is 9.99. The van der Waals surface area contributed by atoms with Crippen molar-refractivity contribution in [1.29, 1.82) is 0 Å². The Morgan fingerprint density at radius 2 is 2.00 bits per heavy atom. The van der Waals surface area contributed by atoms with Gasteiger partial charge in [0.05, 0.1) is 6.61 Å². The molecular weight excluding hydrogens is 260 g/mol. The molecule has 0 amide bonds. The Hall–Kier alpha value is -1.81. The number of rotatable bonds is 3. The molecule has 3 N–H and O–H groups in total. The lowest BCUT2D eigenvalue weighted by Crippen LogP contribution is -2.00. The van der Waals surface area contributed by atoms with Gasteiger partial charge in [-0.25, -0.2) is 5.90 Å². The van der Waals surface area contributed by atoms with E-state index in [0.717, 1.165) is 22.2 Å². The van der Waals surface area contributed by atoms with Gasteiger partial charge in [-0.15, -0.1) is 0 Å². The summed E-state index contributed by atoms with van der Waals surface area (Å²) in [5.41, 5.74) is 4.30. The Morgan fingerprint density at radius 3 is 2.84 bits per heavy atom. The molecule has 0 aliphatic carbocycles. The van der Waals surface area contributed by atoms with E-state index in [9.17, 15) is 0 Å². The smallest absolute Gasteiger partial charge is 0.0936 e. The molecule has 0 aliphatic rings. The minimum absolute atomic E-state index is 0.334. The van der Waals surface area contributed by atoms with E-state index >= 15 is 0 Å². The SMILES string of the molecule is NOCc1cc(Cl)ccc1-c1ccc2[nH]ccc2c1. The van der Waals surface area contributed by atoms with E-state index < -0.39 is 0 Å². The zero-order chi connectivity index (χ0) is 13.2. The summed E-state index contributed by atoms with van der Waals surface area (Å²) in [7, 11) is 0. The standard InChI is InChI=1S/C15H13ClN2O/c16-13-2-3-14(12(8-13)9-19-17)10-1-4-15-11(7-10)5-6-18-15/h1-8,18H,9,17H2. The normalized spacial score (nSPS) is 11.1. The lowest BCUT2D eigenvalue weighted by Gasteiger charge is -2.09. The van der Waals surface area contributed by atoms with Gasteiger partial charge >= 0.3 is 0 Å². The number of hydrogen-bond donors (Lipinski definition) is 2. The van der Waals surface area contributed by atoms with Crippen LogP contribution in [0.15, 0.2) is 48.7 Å². The van der Waals surface area contributed by atoms with Gasteiger partial charge in [-0.1, -0.05) is 23.7 Å². The van der Waals surface area contributed by atoms with E-state index in [-0.39, 0.29) is 0 Å². The zero-order valence-electron chi connectivity index (χ0n) is 10.2. The van der Waals surface area contributed by atoms with Crippen molar-refractivity contribution in [2.24, 2.45) is 5.90 Å². The molecule has 19 heavy (non-hydrogen) atoms. The number of hydrogen-bond acceptors (Lipinski definition) is 2. The maximum Gasteiger partial charge on any atom is 0.0936 e. The Balaban J connectivity index is 2.14. The summed E-state index contributed by atoms with van der Waals surface area (Å²) in [6.45, 7) is 0.334. The molecule has 2 aromatic carbocycles. The van der Waals surface area contributed by atoms with E-state index in [1.807, 2.05) is 30.5 Å². The van der Waals surface area contributed by atoms with Crippen LogP contribution in [0.25, 0.3) is 22.0 Å². The predicted octanol–water partition coefficient (Wildman–Crippen LogP) is 3.88. The van der Waals surface area contributed by atoms with Gasteiger partial charge < -0.3 is 4.98 Å². The zero-order valence-corrected chi connectivity index (χ0v) is 10.9. The van der Waals surface area contributed by atoms with Crippen LogP contribution in [0.3, 0.4) is 0 Å². The molecule has 1 aromatic heterocycles. The summed E-state index contributed by atoms with van der Waals surface area (Å²) in [6, 6.07) is 14.1. The molecule has 0 spiro atoms. The fourth-order valence-electron chi connectivity index (χ4n) is 2.27. The number of fused-ring (bicyclic) bond motifs is 1. The van der Waals surface area contributed by atoms with E-state index in [2.05, 4.69) is 23.2 Å². The minimum Gasteiger partial charge on any atom is -0.361 e. The molecule has 3 aromatic rings. The molecule has 1 heterocycles. The van der Waals surface area contributed by atoms with E-state index in [1.165, 1.54) is 5.39 Å². The summed E-state index contributed by atoms with van der Waals surface area (Å²) >= 11 is 6.02. The molecular formula is C15H13ClN2O. The Labute approximate surface area is 115 Å². The van der Waals surface area contributed by atoms with Crippen LogP contribution in [0.5, 0.6) is 0 Å². The van der Waals surface area contributed by atoms with Crippen LogP contribution in [0, 0.1) is 0 Å². The average molecular weight is 273 g/mol. The van der Waals surface area contributed by atoms with Gasteiger partial charge in [-0.3, -0.25) is 4.84 Å². The number of nitrogens with two attached hydrogens (primary N) is 1. The Morgan fingerprint density at radius 1 is 1.11 bits per heavy atom. The number of benzene rings is 2. The quantitative estimate of drug-likeness (QED) is 0.711. The molecule has 96 valence electrons. The van der Waals surface area contributed by atoms with E-state index in [0.29, 0.717) is 11.6 Å². The molecule has 3 rings (SSSR count). The highest BCUT2D eigenvalue weighted by atomic mass is 35.5. The monoisotopic (exact) mass is 272 g/mol. The average Bonchev–Trinajstić information content (AvgIpc) is 2.86. The number of nitrogens with one attached hydrogen (secondary N) is 1. The molecule has 0 fully saturated rings. The maximum absolute atomic E-state index is 6.02. The van der Waals surface area contributed by atoms with Gasteiger partial charge in [-0.2, -0.15) is 0 Å². The third-order valence-electron chi connectivity index (χ3n) is 3.17. The van der Waals surface area contributed by atoms with Crippen LogP contribution in [-0.2, 0) is 11.4 Å². The predicted molar refractivity (Wildman–Crippen MR) is 77.7 cm³/mol. The Bertz CT molecular complexity index is 721. The van der Waals surface area contributed by atoms with Gasteiger partial charge in [0.15, 0.2) is 0 Å². The summed E-state index contributed by atoms with van der Waals surface area (Å²) in [4.78, 5) is 7.93. The summed E-state index contributed by atoms with van der Waals surface area (Å²) in [5.74, 6) is 5.18. The van der Waals surface area contributed by atoms with Crippen molar-refractivity contribution in [2.45, 2.75) is 6.61 Å². The highest BCUT2D eigenvalue weighted by Gasteiger charge is 2.07. The second kappa shape index (κ2) is 5.05. The van der Waals surface area contributed by atoms with Crippen molar-refractivity contribution in [3.05, 3.63) is 59.2 Å². The summed E-state index contributed by atoms with van der Waals surface area (Å²) in [5, 5.41) is 1.85. The largest absolute Gasteiger partial charge is 0.361 e. The second-order valence-corrected chi connectivity index (χ2v) is 4.83. The first kappa shape index (κ1) is 12.2. The Kier molecular flexibility index (Phi) is 3.25. The van der Waals surface area contributed by atoms with Crippen LogP contribution < -0.4 is 5.90 Å². The minimum atomic E-state index is 0.334.